The lowest BCUT2D eigenvalue weighted by Crippen LogP contribution is -2.44. The molecular weight excluding hydrogens is 352 g/mol. The van der Waals surface area contributed by atoms with Crippen molar-refractivity contribution in [2.75, 3.05) is 50.0 Å². The smallest absolute Gasteiger partial charge is 0.229 e. The highest BCUT2D eigenvalue weighted by Gasteiger charge is 2.38. The van der Waals surface area contributed by atoms with Crippen LogP contribution in [0.2, 0.25) is 0 Å². The molecule has 4 rings (SSSR count). The third-order valence-electron chi connectivity index (χ3n) is 6.55. The molecule has 2 amide bonds. The number of rotatable bonds is 4. The van der Waals surface area contributed by atoms with Gasteiger partial charge in [0.25, 0.3) is 0 Å². The molecule has 1 aromatic rings. The minimum absolute atomic E-state index is 0.0287. The van der Waals surface area contributed by atoms with Gasteiger partial charge in [-0.05, 0) is 44.2 Å². The van der Waals surface area contributed by atoms with Crippen molar-refractivity contribution in [1.29, 1.82) is 0 Å². The predicted octanol–water partition coefficient (Wildman–Crippen LogP) is 2.56. The number of carbonyl (C=O) groups is 2. The lowest BCUT2D eigenvalue weighted by Gasteiger charge is -2.34. The first-order chi connectivity index (χ1) is 13.6. The third kappa shape index (κ3) is 4.32. The molecular formula is C22H32N4O2. The van der Waals surface area contributed by atoms with Gasteiger partial charge in [0.05, 0.1) is 5.92 Å². The van der Waals surface area contributed by atoms with E-state index in [9.17, 15) is 9.59 Å². The van der Waals surface area contributed by atoms with Crippen molar-refractivity contribution in [2.45, 2.75) is 44.6 Å². The fraction of sp³-hybridized carbons (Fsp3) is 0.636. The second-order valence-corrected chi connectivity index (χ2v) is 8.57. The van der Waals surface area contributed by atoms with Gasteiger partial charge in [0, 0.05) is 56.6 Å². The Labute approximate surface area is 167 Å². The number of anilines is 2. The first-order valence-corrected chi connectivity index (χ1v) is 10.7. The normalized spacial score (nSPS) is 24.6. The number of amides is 2. The van der Waals surface area contributed by atoms with Crippen molar-refractivity contribution < 1.29 is 9.59 Å². The Morgan fingerprint density at radius 1 is 1.00 bits per heavy atom. The zero-order valence-electron chi connectivity index (χ0n) is 16.9. The van der Waals surface area contributed by atoms with E-state index in [1.165, 1.54) is 24.9 Å². The van der Waals surface area contributed by atoms with Crippen LogP contribution in [0.4, 0.5) is 11.4 Å². The molecule has 1 atom stereocenters. The van der Waals surface area contributed by atoms with Crippen LogP contribution >= 0.6 is 0 Å². The summed E-state index contributed by atoms with van der Waals surface area (Å²) in [6.45, 7) is 4.79. The maximum atomic E-state index is 12.7. The number of nitrogens with zero attached hydrogens (tertiary/aromatic N) is 3. The summed E-state index contributed by atoms with van der Waals surface area (Å²) >= 11 is 0. The van der Waals surface area contributed by atoms with E-state index < -0.39 is 0 Å². The molecule has 152 valence electrons. The summed E-state index contributed by atoms with van der Waals surface area (Å²) in [4.78, 5) is 31.8. The van der Waals surface area contributed by atoms with Crippen molar-refractivity contribution >= 4 is 23.2 Å². The van der Waals surface area contributed by atoms with Gasteiger partial charge in [-0.1, -0.05) is 19.3 Å². The van der Waals surface area contributed by atoms with Crippen LogP contribution in [-0.4, -0.2) is 67.4 Å². The van der Waals surface area contributed by atoms with E-state index in [-0.39, 0.29) is 17.7 Å². The number of likely N-dealkylation sites (tertiary alicyclic amines) is 1. The number of hydrogen-bond acceptors (Lipinski definition) is 4. The topological polar surface area (TPSA) is 55.9 Å². The lowest BCUT2D eigenvalue weighted by atomic mass is 9.94. The summed E-state index contributed by atoms with van der Waals surface area (Å²) in [7, 11) is 2.15. The lowest BCUT2D eigenvalue weighted by molar-refractivity contribution is -0.130. The van der Waals surface area contributed by atoms with Gasteiger partial charge in [-0.2, -0.15) is 0 Å². The summed E-state index contributed by atoms with van der Waals surface area (Å²) in [5.74, 6) is -0.108. The summed E-state index contributed by atoms with van der Waals surface area (Å²) in [6, 6.07) is 8.45. The van der Waals surface area contributed by atoms with E-state index in [1.54, 1.807) is 0 Å². The molecule has 0 aromatic heterocycles. The van der Waals surface area contributed by atoms with E-state index in [0.717, 1.165) is 44.7 Å². The summed E-state index contributed by atoms with van der Waals surface area (Å²) in [6.07, 6.45) is 6.20. The molecule has 3 aliphatic rings. The molecule has 0 radical (unpaired) electrons. The highest BCUT2D eigenvalue weighted by atomic mass is 16.2. The van der Waals surface area contributed by atoms with Crippen LogP contribution in [0.15, 0.2) is 24.3 Å². The number of benzene rings is 1. The monoisotopic (exact) mass is 384 g/mol. The molecule has 1 N–H and O–H groups in total. The zero-order valence-corrected chi connectivity index (χ0v) is 16.9. The number of nitrogens with one attached hydrogen (secondary N) is 1. The standard InChI is InChI=1S/C22H32N4O2/c1-24-11-13-25(14-12-24)19-9-7-18(8-10-19)23-22(28)17-15-21(27)26(16-17)20-5-3-2-4-6-20/h7-10,17,20H,2-6,11-16H2,1H3,(H,23,28). The summed E-state index contributed by atoms with van der Waals surface area (Å²) < 4.78 is 0. The van der Waals surface area contributed by atoms with E-state index in [1.807, 2.05) is 17.0 Å². The molecule has 1 unspecified atom stereocenters. The number of hydrogen-bond donors (Lipinski definition) is 1. The van der Waals surface area contributed by atoms with Gasteiger partial charge in [0.1, 0.15) is 0 Å². The quantitative estimate of drug-likeness (QED) is 0.867. The Morgan fingerprint density at radius 2 is 1.68 bits per heavy atom. The molecule has 6 nitrogen and oxygen atoms in total. The third-order valence-corrected chi connectivity index (χ3v) is 6.55. The largest absolute Gasteiger partial charge is 0.369 e. The van der Waals surface area contributed by atoms with Gasteiger partial charge in [0.15, 0.2) is 0 Å². The Kier molecular flexibility index (Phi) is 5.85. The van der Waals surface area contributed by atoms with Gasteiger partial charge >= 0.3 is 0 Å². The molecule has 1 aromatic carbocycles. The van der Waals surface area contributed by atoms with Crippen molar-refractivity contribution in [1.82, 2.24) is 9.80 Å². The number of carbonyl (C=O) groups excluding carboxylic acids is 2. The van der Waals surface area contributed by atoms with Crippen LogP contribution in [0.25, 0.3) is 0 Å². The molecule has 1 saturated carbocycles. The van der Waals surface area contributed by atoms with Gasteiger partial charge in [0.2, 0.25) is 11.8 Å². The fourth-order valence-corrected chi connectivity index (χ4v) is 4.72. The van der Waals surface area contributed by atoms with E-state index in [4.69, 9.17) is 0 Å². The Hall–Kier alpha value is -2.08. The van der Waals surface area contributed by atoms with E-state index >= 15 is 0 Å². The van der Waals surface area contributed by atoms with Crippen LogP contribution in [0.3, 0.4) is 0 Å². The molecule has 0 bridgehead atoms. The van der Waals surface area contributed by atoms with Crippen LogP contribution < -0.4 is 10.2 Å². The minimum Gasteiger partial charge on any atom is -0.369 e. The average molecular weight is 385 g/mol. The van der Waals surface area contributed by atoms with Crippen molar-refractivity contribution in [2.24, 2.45) is 5.92 Å². The molecule has 6 heteroatoms. The number of likely N-dealkylation sites (N-methyl/N-ethyl adjacent to an activating group) is 1. The fourth-order valence-electron chi connectivity index (χ4n) is 4.72. The zero-order chi connectivity index (χ0) is 19.5. The van der Waals surface area contributed by atoms with Gasteiger partial charge < -0.3 is 20.0 Å². The molecule has 2 saturated heterocycles. The van der Waals surface area contributed by atoms with Crippen LogP contribution in [0, 0.1) is 5.92 Å². The van der Waals surface area contributed by atoms with Crippen molar-refractivity contribution in [3.8, 4) is 0 Å². The predicted molar refractivity (Wildman–Crippen MR) is 111 cm³/mol. The molecule has 2 aliphatic heterocycles. The Bertz CT molecular complexity index is 691. The van der Waals surface area contributed by atoms with Crippen molar-refractivity contribution in [3.05, 3.63) is 24.3 Å². The minimum atomic E-state index is -0.230. The molecule has 0 spiro atoms. The SMILES string of the molecule is CN1CCN(c2ccc(NC(=O)C3CC(=O)N(C4CCCCC4)C3)cc2)CC1. The van der Waals surface area contributed by atoms with Gasteiger partial charge in [-0.25, -0.2) is 0 Å². The molecule has 1 aliphatic carbocycles. The highest BCUT2D eigenvalue weighted by Crippen LogP contribution is 2.29. The van der Waals surface area contributed by atoms with Crippen molar-refractivity contribution in [3.63, 3.8) is 0 Å². The van der Waals surface area contributed by atoms with E-state index in [2.05, 4.69) is 34.3 Å². The van der Waals surface area contributed by atoms with Gasteiger partial charge in [-0.15, -0.1) is 0 Å². The summed E-state index contributed by atoms with van der Waals surface area (Å²) in [5, 5.41) is 3.02. The first kappa shape index (κ1) is 19.2. The summed E-state index contributed by atoms with van der Waals surface area (Å²) in [5.41, 5.74) is 2.01. The second-order valence-electron chi connectivity index (χ2n) is 8.57. The molecule has 2 heterocycles. The Morgan fingerprint density at radius 3 is 2.36 bits per heavy atom. The van der Waals surface area contributed by atoms with Crippen LogP contribution in [-0.2, 0) is 9.59 Å². The van der Waals surface area contributed by atoms with Crippen LogP contribution in [0.1, 0.15) is 38.5 Å². The first-order valence-electron chi connectivity index (χ1n) is 10.7. The Balaban J connectivity index is 1.31. The maximum Gasteiger partial charge on any atom is 0.229 e. The van der Waals surface area contributed by atoms with E-state index in [0.29, 0.717) is 19.0 Å². The highest BCUT2D eigenvalue weighted by molar-refractivity contribution is 5.97. The second kappa shape index (κ2) is 8.52. The maximum absolute atomic E-state index is 12.7. The van der Waals surface area contributed by atoms with Crippen LogP contribution in [0.5, 0.6) is 0 Å². The number of piperazine rings is 1. The molecule has 3 fully saturated rings. The van der Waals surface area contributed by atoms with Gasteiger partial charge in [-0.3, -0.25) is 9.59 Å². The molecule has 28 heavy (non-hydrogen) atoms. The average Bonchev–Trinajstić information content (AvgIpc) is 3.12.